The number of hydrogen-bond donors (Lipinski definition) is 0. The van der Waals surface area contributed by atoms with Crippen molar-refractivity contribution in [3.8, 4) is 33.7 Å². The van der Waals surface area contributed by atoms with Crippen molar-refractivity contribution >= 4 is 17.0 Å². The molecule has 0 radical (unpaired) electrons. The average Bonchev–Trinajstić information content (AvgIpc) is 3.38. The van der Waals surface area contributed by atoms with Crippen molar-refractivity contribution in [2.24, 2.45) is 0 Å². The van der Waals surface area contributed by atoms with Crippen LogP contribution in [-0.2, 0) is 0 Å². The maximum atomic E-state index is 4.98. The minimum atomic E-state index is 0.962. The van der Waals surface area contributed by atoms with E-state index in [0.29, 0.717) is 0 Å². The molecular formula is C26H18N2S. The monoisotopic (exact) mass is 390 g/mol. The van der Waals surface area contributed by atoms with Gasteiger partial charge in [0.2, 0.25) is 0 Å². The number of nitrogens with zero attached hydrogens (tertiary/aromatic N) is 2. The molecule has 0 saturated heterocycles. The van der Waals surface area contributed by atoms with Crippen molar-refractivity contribution in [2.75, 3.05) is 0 Å². The maximum Gasteiger partial charge on any atom is 0.138 e. The number of pyridine rings is 1. The van der Waals surface area contributed by atoms with Crippen molar-refractivity contribution in [3.05, 3.63) is 107 Å². The second kappa shape index (κ2) is 7.43. The number of benzene rings is 2. The smallest absolute Gasteiger partial charge is 0.138 e. The fourth-order valence-corrected chi connectivity index (χ4v) is 4.23. The summed E-state index contributed by atoms with van der Waals surface area (Å²) < 4.78 is 2.17. The fourth-order valence-electron chi connectivity index (χ4n) is 3.38. The molecule has 0 fully saturated rings. The number of aromatic nitrogens is 2. The Bertz CT molecular complexity index is 1350. The van der Waals surface area contributed by atoms with Crippen LogP contribution in [0.15, 0.2) is 91.1 Å². The van der Waals surface area contributed by atoms with E-state index in [1.54, 1.807) is 11.3 Å². The minimum Gasteiger partial charge on any atom is -0.299 e. The highest BCUT2D eigenvalue weighted by Crippen LogP contribution is 2.36. The molecule has 2 nitrogen and oxygen atoms in total. The molecular weight excluding hydrogens is 372 g/mol. The summed E-state index contributed by atoms with van der Waals surface area (Å²) in [6.45, 7) is 2.10. The van der Waals surface area contributed by atoms with Crippen molar-refractivity contribution < 1.29 is 0 Å². The summed E-state index contributed by atoms with van der Waals surface area (Å²) in [6, 6.07) is 29.0. The van der Waals surface area contributed by atoms with Gasteiger partial charge in [-0.2, -0.15) is 0 Å². The first-order valence-corrected chi connectivity index (χ1v) is 10.3. The predicted octanol–water partition coefficient (Wildman–Crippen LogP) is 6.44. The first-order chi connectivity index (χ1) is 14.3. The van der Waals surface area contributed by atoms with Gasteiger partial charge >= 0.3 is 0 Å². The molecule has 29 heavy (non-hydrogen) atoms. The lowest BCUT2D eigenvalue weighted by Gasteiger charge is -2.04. The van der Waals surface area contributed by atoms with Crippen LogP contribution in [0.25, 0.3) is 27.5 Å². The molecule has 0 aliphatic heterocycles. The number of imidazole rings is 1. The summed E-state index contributed by atoms with van der Waals surface area (Å²) in [5, 5.41) is 0. The van der Waals surface area contributed by atoms with Crippen molar-refractivity contribution in [2.45, 2.75) is 6.92 Å². The number of thiophene rings is 1. The van der Waals surface area contributed by atoms with Crippen molar-refractivity contribution in [1.82, 2.24) is 9.38 Å². The lowest BCUT2D eigenvalue weighted by molar-refractivity contribution is 1.17. The summed E-state index contributed by atoms with van der Waals surface area (Å²) in [5.74, 6) is 6.53. The quantitative estimate of drug-likeness (QED) is 0.317. The van der Waals surface area contributed by atoms with Crippen LogP contribution in [0.1, 0.15) is 16.0 Å². The van der Waals surface area contributed by atoms with Gasteiger partial charge in [-0.3, -0.25) is 4.40 Å². The van der Waals surface area contributed by atoms with Crippen LogP contribution in [0.4, 0.5) is 0 Å². The summed E-state index contributed by atoms with van der Waals surface area (Å²) in [6.07, 6.45) is 2.10. The van der Waals surface area contributed by atoms with E-state index in [1.165, 1.54) is 5.56 Å². The highest BCUT2D eigenvalue weighted by atomic mass is 32.1. The molecule has 5 rings (SSSR count). The van der Waals surface area contributed by atoms with Gasteiger partial charge in [-0.1, -0.05) is 60.4 Å². The van der Waals surface area contributed by atoms with Gasteiger partial charge in [-0.15, -0.1) is 11.3 Å². The molecule has 0 bridgehead atoms. The van der Waals surface area contributed by atoms with Crippen LogP contribution >= 0.6 is 11.3 Å². The van der Waals surface area contributed by atoms with Crippen LogP contribution in [0.5, 0.6) is 0 Å². The zero-order chi connectivity index (χ0) is 19.6. The highest BCUT2D eigenvalue weighted by Gasteiger charge is 2.17. The van der Waals surface area contributed by atoms with Gasteiger partial charge in [-0.05, 0) is 48.9 Å². The Labute approximate surface area is 174 Å². The zero-order valence-corrected chi connectivity index (χ0v) is 16.8. The second-order valence-electron chi connectivity index (χ2n) is 6.89. The molecule has 0 aliphatic rings. The Balaban J connectivity index is 1.63. The molecule has 0 aliphatic carbocycles. The molecule has 0 atom stereocenters. The first kappa shape index (κ1) is 17.5. The average molecular weight is 391 g/mol. The second-order valence-corrected chi connectivity index (χ2v) is 7.97. The Hall–Kier alpha value is -3.61. The van der Waals surface area contributed by atoms with E-state index in [0.717, 1.165) is 37.9 Å². The Kier molecular flexibility index (Phi) is 4.48. The third-order valence-electron chi connectivity index (χ3n) is 4.77. The molecule has 0 N–H and O–H groups in total. The number of hydrogen-bond acceptors (Lipinski definition) is 2. The summed E-state index contributed by atoms with van der Waals surface area (Å²) >= 11 is 1.68. The highest BCUT2D eigenvalue weighted by molar-refractivity contribution is 7.16. The lowest BCUT2D eigenvalue weighted by Crippen LogP contribution is -1.89. The van der Waals surface area contributed by atoms with Crippen molar-refractivity contribution in [1.29, 1.82) is 0 Å². The maximum absolute atomic E-state index is 4.98. The molecule has 138 valence electrons. The summed E-state index contributed by atoms with van der Waals surface area (Å²) in [7, 11) is 0. The van der Waals surface area contributed by atoms with Crippen LogP contribution in [-0.4, -0.2) is 9.38 Å². The standard InChI is InChI=1S/C26H18N2S/c1-19-16-17-28-24(18-19)27-25(26(28)21-10-6-3-7-11-21)23-15-14-22(29-23)13-12-20-8-4-2-5-9-20/h2-11,14-18H,1H3. The van der Waals surface area contributed by atoms with Crippen molar-refractivity contribution in [3.63, 3.8) is 0 Å². The molecule has 0 unspecified atom stereocenters. The number of rotatable bonds is 2. The van der Waals surface area contributed by atoms with Gasteiger partial charge in [-0.25, -0.2) is 4.98 Å². The summed E-state index contributed by atoms with van der Waals surface area (Å²) in [5.41, 5.74) is 6.46. The van der Waals surface area contributed by atoms with Gasteiger partial charge < -0.3 is 0 Å². The molecule has 5 aromatic rings. The van der Waals surface area contributed by atoms with E-state index in [4.69, 9.17) is 4.98 Å². The topological polar surface area (TPSA) is 17.3 Å². The molecule has 0 amide bonds. The molecule has 0 saturated carbocycles. The van der Waals surface area contributed by atoms with Crippen LogP contribution in [0, 0.1) is 18.8 Å². The van der Waals surface area contributed by atoms with Crippen LogP contribution in [0.2, 0.25) is 0 Å². The number of aryl methyl sites for hydroxylation is 1. The largest absolute Gasteiger partial charge is 0.299 e. The predicted molar refractivity (Wildman–Crippen MR) is 121 cm³/mol. The van der Waals surface area contributed by atoms with Crippen LogP contribution in [0.3, 0.4) is 0 Å². The van der Waals surface area contributed by atoms with E-state index < -0.39 is 0 Å². The summed E-state index contributed by atoms with van der Waals surface area (Å²) in [4.78, 5) is 7.14. The fraction of sp³-hybridized carbons (Fsp3) is 0.0385. The van der Waals surface area contributed by atoms with E-state index in [1.807, 2.05) is 36.4 Å². The van der Waals surface area contributed by atoms with E-state index in [9.17, 15) is 0 Å². The van der Waals surface area contributed by atoms with Gasteiger partial charge in [0, 0.05) is 17.3 Å². The molecule has 2 aromatic carbocycles. The number of fused-ring (bicyclic) bond motifs is 1. The zero-order valence-electron chi connectivity index (χ0n) is 16.0. The normalized spacial score (nSPS) is 10.7. The van der Waals surface area contributed by atoms with E-state index in [2.05, 4.69) is 77.9 Å². The van der Waals surface area contributed by atoms with Crippen LogP contribution < -0.4 is 0 Å². The molecule has 3 heterocycles. The van der Waals surface area contributed by atoms with Gasteiger partial charge in [0.05, 0.1) is 15.4 Å². The Morgan fingerprint density at radius 2 is 1.59 bits per heavy atom. The molecule has 3 heteroatoms. The first-order valence-electron chi connectivity index (χ1n) is 9.49. The van der Waals surface area contributed by atoms with E-state index in [-0.39, 0.29) is 0 Å². The van der Waals surface area contributed by atoms with Gasteiger partial charge in [0.25, 0.3) is 0 Å². The third kappa shape index (κ3) is 3.47. The van der Waals surface area contributed by atoms with Gasteiger partial charge in [0.15, 0.2) is 0 Å². The Morgan fingerprint density at radius 3 is 2.38 bits per heavy atom. The Morgan fingerprint density at radius 1 is 0.828 bits per heavy atom. The SMILES string of the molecule is Cc1ccn2c(-c3ccccc3)c(-c3ccc(C#Cc4ccccc4)s3)nc2c1. The van der Waals surface area contributed by atoms with E-state index >= 15 is 0 Å². The van der Waals surface area contributed by atoms with Gasteiger partial charge in [0.1, 0.15) is 11.3 Å². The molecule has 3 aromatic heterocycles. The third-order valence-corrected chi connectivity index (χ3v) is 5.78. The minimum absolute atomic E-state index is 0.962. The lowest BCUT2D eigenvalue weighted by atomic mass is 10.1. The molecule has 0 spiro atoms.